The summed E-state index contributed by atoms with van der Waals surface area (Å²) in [4.78, 5) is 59.8. The highest BCUT2D eigenvalue weighted by atomic mass is 16.5. The minimum Gasteiger partial charge on any atom is -0.481 e. The largest absolute Gasteiger partial charge is 0.481 e. The molecule has 0 fully saturated rings. The molecule has 1 aromatic heterocycles. The second kappa shape index (κ2) is 15.9. The first-order valence-corrected chi connectivity index (χ1v) is 12.7. The maximum Gasteiger partial charge on any atom is 0.407 e. The third-order valence-corrected chi connectivity index (χ3v) is 5.50. The van der Waals surface area contributed by atoms with Gasteiger partial charge in [-0.3, -0.25) is 19.7 Å². The number of carboxylic acids is 1. The molecule has 0 spiro atoms. The summed E-state index contributed by atoms with van der Waals surface area (Å²) in [5, 5.41) is 21.8. The van der Waals surface area contributed by atoms with Gasteiger partial charge in [-0.15, -0.1) is 0 Å². The molecule has 2 aromatic carbocycles. The number of amides is 5. The van der Waals surface area contributed by atoms with Crippen molar-refractivity contribution in [1.82, 2.24) is 21.3 Å². The van der Waals surface area contributed by atoms with Crippen LogP contribution in [-0.2, 0) is 27.5 Å². The summed E-state index contributed by atoms with van der Waals surface area (Å²) in [6.07, 6.45) is -1.36. The molecule has 0 bridgehead atoms. The standard InChI is InChI=1S/C28H31N5O8/c34-23(30-17-21(15-25(35)36)32-28(39)40-18-20-9-5-2-6-10-20)13-14-29-26(37)22-11-12-24(41-22)33-27(38)31-16-19-7-3-1-4-8-19/h1-12,21H,13-18H2,(H,29,37)(H,30,34)(H,32,39)(H,35,36)(H2,31,33,38)/t21-/m0/s1. The summed E-state index contributed by atoms with van der Waals surface area (Å²) >= 11 is 0. The molecule has 0 aliphatic heterocycles. The molecule has 13 heteroatoms. The lowest BCUT2D eigenvalue weighted by atomic mass is 10.2. The van der Waals surface area contributed by atoms with Gasteiger partial charge in [0.25, 0.3) is 5.91 Å². The molecule has 0 aliphatic rings. The number of carboxylic acid groups (broad SMARTS) is 1. The van der Waals surface area contributed by atoms with Crippen LogP contribution in [-0.4, -0.2) is 54.1 Å². The Balaban J connectivity index is 1.34. The molecule has 0 aliphatic carbocycles. The molecule has 3 aromatic rings. The Morgan fingerprint density at radius 2 is 1.51 bits per heavy atom. The van der Waals surface area contributed by atoms with Crippen LogP contribution >= 0.6 is 0 Å². The molecule has 216 valence electrons. The average molecular weight is 566 g/mol. The van der Waals surface area contributed by atoms with Crippen molar-refractivity contribution >= 4 is 35.8 Å². The highest BCUT2D eigenvalue weighted by molar-refractivity contribution is 5.93. The first-order valence-electron chi connectivity index (χ1n) is 12.7. The number of alkyl carbamates (subject to hydrolysis) is 1. The molecule has 41 heavy (non-hydrogen) atoms. The molecular formula is C28H31N5O8. The van der Waals surface area contributed by atoms with Crippen molar-refractivity contribution in [1.29, 1.82) is 0 Å². The maximum absolute atomic E-state index is 12.3. The summed E-state index contributed by atoms with van der Waals surface area (Å²) in [5.41, 5.74) is 1.68. The number of carbonyl (C=O) groups is 5. The smallest absolute Gasteiger partial charge is 0.407 e. The van der Waals surface area contributed by atoms with Gasteiger partial charge < -0.3 is 35.5 Å². The lowest BCUT2D eigenvalue weighted by Gasteiger charge is -2.17. The number of aliphatic carboxylic acids is 1. The lowest BCUT2D eigenvalue weighted by molar-refractivity contribution is -0.137. The van der Waals surface area contributed by atoms with Crippen LogP contribution in [0.4, 0.5) is 15.5 Å². The van der Waals surface area contributed by atoms with Gasteiger partial charge in [0.15, 0.2) is 5.76 Å². The molecular weight excluding hydrogens is 534 g/mol. The minimum atomic E-state index is -1.17. The molecule has 0 unspecified atom stereocenters. The van der Waals surface area contributed by atoms with E-state index in [2.05, 4.69) is 26.6 Å². The van der Waals surface area contributed by atoms with Crippen LogP contribution in [0.5, 0.6) is 0 Å². The predicted molar refractivity (Wildman–Crippen MR) is 147 cm³/mol. The van der Waals surface area contributed by atoms with Crippen LogP contribution < -0.4 is 26.6 Å². The van der Waals surface area contributed by atoms with Gasteiger partial charge in [0, 0.05) is 32.1 Å². The molecule has 13 nitrogen and oxygen atoms in total. The Morgan fingerprint density at radius 1 is 0.829 bits per heavy atom. The Kier molecular flexibility index (Phi) is 11.7. The number of hydrogen-bond donors (Lipinski definition) is 6. The van der Waals surface area contributed by atoms with Crippen molar-refractivity contribution < 1.29 is 38.2 Å². The van der Waals surface area contributed by atoms with E-state index in [-0.39, 0.29) is 37.8 Å². The quantitative estimate of drug-likeness (QED) is 0.172. The van der Waals surface area contributed by atoms with Gasteiger partial charge in [-0.05, 0) is 17.2 Å². The fourth-order valence-corrected chi connectivity index (χ4v) is 3.48. The summed E-state index contributed by atoms with van der Waals surface area (Å²) in [6, 6.07) is 19.7. The van der Waals surface area contributed by atoms with E-state index in [0.29, 0.717) is 6.54 Å². The van der Waals surface area contributed by atoms with Crippen LogP contribution in [0.15, 0.2) is 77.2 Å². The third kappa shape index (κ3) is 11.5. The number of ether oxygens (including phenoxy) is 1. The zero-order valence-corrected chi connectivity index (χ0v) is 22.1. The summed E-state index contributed by atoms with van der Waals surface area (Å²) < 4.78 is 10.4. The second-order valence-electron chi connectivity index (χ2n) is 8.77. The van der Waals surface area contributed by atoms with Gasteiger partial charge in [0.05, 0.1) is 12.5 Å². The van der Waals surface area contributed by atoms with Crippen molar-refractivity contribution in [2.45, 2.75) is 32.0 Å². The number of furan rings is 1. The van der Waals surface area contributed by atoms with Crippen LogP contribution in [0.2, 0.25) is 0 Å². The third-order valence-electron chi connectivity index (χ3n) is 5.50. The summed E-state index contributed by atoms with van der Waals surface area (Å²) in [6.45, 7) is 0.127. The van der Waals surface area contributed by atoms with Gasteiger partial charge in [-0.25, -0.2) is 9.59 Å². The first-order chi connectivity index (χ1) is 19.8. The SMILES string of the molecule is O=C(O)C[C@@H](CNC(=O)CCNC(=O)c1ccc(NC(=O)NCc2ccccc2)o1)NC(=O)OCc1ccccc1. The summed E-state index contributed by atoms with van der Waals surface area (Å²) in [7, 11) is 0. The van der Waals surface area contributed by atoms with Crippen LogP contribution in [0, 0.1) is 0 Å². The lowest BCUT2D eigenvalue weighted by Crippen LogP contribution is -2.45. The molecule has 6 N–H and O–H groups in total. The average Bonchev–Trinajstić information content (AvgIpc) is 3.43. The number of carbonyl (C=O) groups excluding carboxylic acids is 4. The number of nitrogens with one attached hydrogen (secondary N) is 5. The van der Waals surface area contributed by atoms with Crippen molar-refractivity contribution in [3.8, 4) is 0 Å². The molecule has 1 heterocycles. The Labute approximate surface area is 235 Å². The van der Waals surface area contributed by atoms with Crippen molar-refractivity contribution in [3.63, 3.8) is 0 Å². The van der Waals surface area contributed by atoms with Gasteiger partial charge in [0.1, 0.15) is 6.61 Å². The first kappa shape index (κ1) is 30.2. The van der Waals surface area contributed by atoms with E-state index in [4.69, 9.17) is 14.3 Å². The van der Waals surface area contributed by atoms with E-state index in [0.717, 1.165) is 11.1 Å². The van der Waals surface area contributed by atoms with E-state index in [1.54, 1.807) is 24.3 Å². The van der Waals surface area contributed by atoms with Gasteiger partial charge >= 0.3 is 18.1 Å². The van der Waals surface area contributed by atoms with E-state index >= 15 is 0 Å². The molecule has 0 saturated heterocycles. The molecule has 5 amide bonds. The van der Waals surface area contributed by atoms with Crippen molar-refractivity contribution in [2.75, 3.05) is 18.4 Å². The van der Waals surface area contributed by atoms with E-state index in [9.17, 15) is 24.0 Å². The van der Waals surface area contributed by atoms with Crippen molar-refractivity contribution in [3.05, 3.63) is 89.7 Å². The fourth-order valence-electron chi connectivity index (χ4n) is 3.48. The Hall–Kier alpha value is -5.33. The fraction of sp³-hybridized carbons (Fsp3) is 0.250. The zero-order valence-electron chi connectivity index (χ0n) is 22.1. The van der Waals surface area contributed by atoms with Crippen molar-refractivity contribution in [2.24, 2.45) is 0 Å². The number of urea groups is 1. The van der Waals surface area contributed by atoms with E-state index in [1.807, 2.05) is 36.4 Å². The topological polar surface area (TPSA) is 188 Å². The maximum atomic E-state index is 12.3. The minimum absolute atomic E-state index is 0.00714. The number of hydrogen-bond acceptors (Lipinski definition) is 7. The second-order valence-corrected chi connectivity index (χ2v) is 8.77. The zero-order chi connectivity index (χ0) is 29.5. The molecule has 0 saturated carbocycles. The number of rotatable bonds is 14. The summed E-state index contributed by atoms with van der Waals surface area (Å²) in [5.74, 6) is -2.23. The Morgan fingerprint density at radius 3 is 2.20 bits per heavy atom. The van der Waals surface area contributed by atoms with Gasteiger partial charge in [-0.2, -0.15) is 0 Å². The molecule has 0 radical (unpaired) electrons. The molecule has 3 rings (SSSR count). The van der Waals surface area contributed by atoms with Crippen LogP contribution in [0.3, 0.4) is 0 Å². The number of benzene rings is 2. The van der Waals surface area contributed by atoms with Crippen LogP contribution in [0.1, 0.15) is 34.5 Å². The number of anilines is 1. The van der Waals surface area contributed by atoms with E-state index < -0.39 is 42.4 Å². The predicted octanol–water partition coefficient (Wildman–Crippen LogP) is 2.61. The molecule has 1 atom stereocenters. The monoisotopic (exact) mass is 565 g/mol. The highest BCUT2D eigenvalue weighted by Gasteiger charge is 2.18. The van der Waals surface area contributed by atoms with E-state index in [1.165, 1.54) is 12.1 Å². The van der Waals surface area contributed by atoms with Gasteiger partial charge in [0.2, 0.25) is 11.8 Å². The normalized spacial score (nSPS) is 11.0. The van der Waals surface area contributed by atoms with Crippen LogP contribution in [0.25, 0.3) is 0 Å². The highest BCUT2D eigenvalue weighted by Crippen LogP contribution is 2.13. The van der Waals surface area contributed by atoms with Gasteiger partial charge in [-0.1, -0.05) is 60.7 Å². The Bertz CT molecular complexity index is 1310.